The van der Waals surface area contributed by atoms with E-state index in [1.54, 1.807) is 23.1 Å². The Morgan fingerprint density at radius 3 is 2.71 bits per heavy atom. The molecule has 1 atom stereocenters. The number of amides is 3. The van der Waals surface area contributed by atoms with Crippen molar-refractivity contribution in [3.05, 3.63) is 59.6 Å². The van der Waals surface area contributed by atoms with Gasteiger partial charge in [0.05, 0.1) is 23.9 Å². The summed E-state index contributed by atoms with van der Waals surface area (Å²) in [7, 11) is 0. The molecule has 0 spiro atoms. The molecule has 21 heavy (non-hydrogen) atoms. The molecule has 1 aromatic carbocycles. The molecule has 5 nitrogen and oxygen atoms in total. The summed E-state index contributed by atoms with van der Waals surface area (Å²) >= 11 is 0. The number of benzene rings is 1. The van der Waals surface area contributed by atoms with Crippen molar-refractivity contribution in [1.29, 1.82) is 0 Å². The highest BCUT2D eigenvalue weighted by molar-refractivity contribution is 6.01. The number of nitrogens with one attached hydrogen (secondary N) is 2. The van der Waals surface area contributed by atoms with Gasteiger partial charge in [-0.1, -0.05) is 18.2 Å². The third-order valence-corrected chi connectivity index (χ3v) is 3.57. The smallest absolute Gasteiger partial charge is 0.319 e. The van der Waals surface area contributed by atoms with Crippen molar-refractivity contribution in [2.75, 3.05) is 13.1 Å². The van der Waals surface area contributed by atoms with Crippen molar-refractivity contribution in [2.24, 2.45) is 0 Å². The van der Waals surface area contributed by atoms with E-state index in [1.165, 1.54) is 12.1 Å². The van der Waals surface area contributed by atoms with Crippen LogP contribution < -0.4 is 10.6 Å². The zero-order chi connectivity index (χ0) is 15.0. The maximum Gasteiger partial charge on any atom is 0.319 e. The lowest BCUT2D eigenvalue weighted by molar-refractivity contribution is -0.125. The summed E-state index contributed by atoms with van der Waals surface area (Å²) in [5.41, 5.74) is 1.77. The van der Waals surface area contributed by atoms with Crippen LogP contribution in [0.5, 0.6) is 0 Å². The Hall–Kier alpha value is -2.63. The fourth-order valence-electron chi connectivity index (χ4n) is 2.64. The van der Waals surface area contributed by atoms with Crippen LogP contribution in [-0.4, -0.2) is 29.9 Å². The Bertz CT molecular complexity index is 651. The summed E-state index contributed by atoms with van der Waals surface area (Å²) in [4.78, 5) is 25.8. The summed E-state index contributed by atoms with van der Waals surface area (Å²) in [6.45, 7) is 4.39. The first-order valence-electron chi connectivity index (χ1n) is 6.56. The molecule has 0 bridgehead atoms. The van der Waals surface area contributed by atoms with Gasteiger partial charge in [-0.3, -0.25) is 4.79 Å². The summed E-state index contributed by atoms with van der Waals surface area (Å²) in [5.74, 6) is -0.508. The lowest BCUT2D eigenvalue weighted by Gasteiger charge is -2.25. The van der Waals surface area contributed by atoms with Gasteiger partial charge in [0.25, 0.3) is 5.91 Å². The molecule has 3 amide bonds. The summed E-state index contributed by atoms with van der Waals surface area (Å²) in [6, 6.07) is 4.84. The molecule has 0 fully saturated rings. The van der Waals surface area contributed by atoms with E-state index >= 15 is 0 Å². The molecule has 2 N–H and O–H groups in total. The molecule has 0 saturated heterocycles. The van der Waals surface area contributed by atoms with E-state index < -0.39 is 6.04 Å². The zero-order valence-corrected chi connectivity index (χ0v) is 11.2. The van der Waals surface area contributed by atoms with E-state index in [0.717, 1.165) is 0 Å². The molecule has 0 radical (unpaired) electrons. The van der Waals surface area contributed by atoms with Gasteiger partial charge in [0, 0.05) is 6.54 Å². The van der Waals surface area contributed by atoms with Crippen molar-refractivity contribution in [2.45, 2.75) is 6.04 Å². The Kier molecular flexibility index (Phi) is 3.21. The molecule has 0 unspecified atom stereocenters. The Labute approximate surface area is 121 Å². The second kappa shape index (κ2) is 5.05. The van der Waals surface area contributed by atoms with Crippen molar-refractivity contribution in [3.63, 3.8) is 0 Å². The lowest BCUT2D eigenvalue weighted by Crippen LogP contribution is -2.44. The SMILES string of the molecule is C=CCN1CC2=C(C1=O)[C@@H](c1ccc(F)cc1)NC(=O)N2. The number of urea groups is 1. The van der Waals surface area contributed by atoms with Crippen molar-refractivity contribution < 1.29 is 14.0 Å². The number of carbonyl (C=O) groups is 2. The highest BCUT2D eigenvalue weighted by Crippen LogP contribution is 2.32. The van der Waals surface area contributed by atoms with Gasteiger partial charge in [-0.25, -0.2) is 9.18 Å². The van der Waals surface area contributed by atoms with E-state index in [2.05, 4.69) is 17.2 Å². The van der Waals surface area contributed by atoms with E-state index in [4.69, 9.17) is 0 Å². The summed E-state index contributed by atoms with van der Waals surface area (Å²) in [6.07, 6.45) is 1.64. The van der Waals surface area contributed by atoms with Gasteiger partial charge >= 0.3 is 6.03 Å². The monoisotopic (exact) mass is 287 g/mol. The third-order valence-electron chi connectivity index (χ3n) is 3.57. The van der Waals surface area contributed by atoms with Crippen molar-refractivity contribution in [1.82, 2.24) is 15.5 Å². The second-order valence-electron chi connectivity index (χ2n) is 4.95. The molecular weight excluding hydrogens is 273 g/mol. The highest BCUT2D eigenvalue weighted by Gasteiger charge is 2.39. The first-order valence-corrected chi connectivity index (χ1v) is 6.56. The average Bonchev–Trinajstić information content (AvgIpc) is 2.76. The molecule has 2 aliphatic heterocycles. The predicted octanol–water partition coefficient (Wildman–Crippen LogP) is 1.46. The van der Waals surface area contributed by atoms with Crippen LogP contribution in [0, 0.1) is 5.82 Å². The molecule has 3 rings (SSSR count). The van der Waals surface area contributed by atoms with Crippen LogP contribution in [0.15, 0.2) is 48.2 Å². The van der Waals surface area contributed by atoms with Gasteiger partial charge in [-0.05, 0) is 17.7 Å². The molecule has 0 saturated carbocycles. The topological polar surface area (TPSA) is 61.4 Å². The average molecular weight is 287 g/mol. The Morgan fingerprint density at radius 2 is 2.05 bits per heavy atom. The molecule has 108 valence electrons. The molecule has 2 aliphatic rings. The summed E-state index contributed by atoms with van der Waals surface area (Å²) < 4.78 is 13.0. The lowest BCUT2D eigenvalue weighted by atomic mass is 9.96. The third kappa shape index (κ3) is 2.29. The predicted molar refractivity (Wildman–Crippen MR) is 74.6 cm³/mol. The minimum absolute atomic E-state index is 0.147. The zero-order valence-electron chi connectivity index (χ0n) is 11.2. The van der Waals surface area contributed by atoms with Gasteiger partial charge in [0.1, 0.15) is 5.82 Å². The number of halogens is 1. The first kappa shape index (κ1) is 13.4. The Morgan fingerprint density at radius 1 is 1.33 bits per heavy atom. The largest absolute Gasteiger partial charge is 0.329 e. The molecule has 0 aromatic heterocycles. The number of hydrogen-bond donors (Lipinski definition) is 2. The van der Waals surface area contributed by atoms with Crippen LogP contribution in [0.2, 0.25) is 0 Å². The molecule has 1 aromatic rings. The highest BCUT2D eigenvalue weighted by atomic mass is 19.1. The second-order valence-corrected chi connectivity index (χ2v) is 4.95. The standard InChI is InChI=1S/C15H14FN3O2/c1-2-7-19-8-11-12(14(19)20)13(18-15(21)17-11)9-3-5-10(16)6-4-9/h2-6,13H,1,7-8H2,(H2,17,18,21)/t13-/m1/s1. The number of hydrogen-bond acceptors (Lipinski definition) is 2. The molecule has 2 heterocycles. The summed E-state index contributed by atoms with van der Waals surface area (Å²) in [5, 5.41) is 5.38. The van der Waals surface area contributed by atoms with E-state index in [0.29, 0.717) is 29.9 Å². The van der Waals surface area contributed by atoms with Crippen LogP contribution >= 0.6 is 0 Å². The van der Waals surface area contributed by atoms with Crippen LogP contribution in [-0.2, 0) is 4.79 Å². The van der Waals surface area contributed by atoms with Crippen LogP contribution in [0.25, 0.3) is 0 Å². The first-order chi connectivity index (χ1) is 10.1. The number of carbonyl (C=O) groups excluding carboxylic acids is 2. The van der Waals surface area contributed by atoms with Gasteiger partial charge in [-0.15, -0.1) is 6.58 Å². The number of rotatable bonds is 3. The quantitative estimate of drug-likeness (QED) is 0.827. The molecule has 0 aliphatic carbocycles. The maximum atomic E-state index is 13.0. The maximum absolute atomic E-state index is 13.0. The van der Waals surface area contributed by atoms with E-state index in [1.807, 2.05) is 0 Å². The van der Waals surface area contributed by atoms with E-state index in [-0.39, 0.29) is 17.8 Å². The van der Waals surface area contributed by atoms with Gasteiger partial charge in [-0.2, -0.15) is 0 Å². The van der Waals surface area contributed by atoms with E-state index in [9.17, 15) is 14.0 Å². The fourth-order valence-corrected chi connectivity index (χ4v) is 2.64. The van der Waals surface area contributed by atoms with Crippen molar-refractivity contribution in [3.8, 4) is 0 Å². The fraction of sp³-hybridized carbons (Fsp3) is 0.200. The van der Waals surface area contributed by atoms with Gasteiger partial charge in [0.15, 0.2) is 0 Å². The van der Waals surface area contributed by atoms with Crippen molar-refractivity contribution >= 4 is 11.9 Å². The van der Waals surface area contributed by atoms with Crippen LogP contribution in [0.3, 0.4) is 0 Å². The Balaban J connectivity index is 1.98. The normalized spacial score (nSPS) is 21.0. The minimum Gasteiger partial charge on any atom is -0.329 e. The van der Waals surface area contributed by atoms with Crippen LogP contribution in [0.1, 0.15) is 11.6 Å². The molecular formula is C15H14FN3O2. The van der Waals surface area contributed by atoms with Crippen LogP contribution in [0.4, 0.5) is 9.18 Å². The van der Waals surface area contributed by atoms with Gasteiger partial charge in [0.2, 0.25) is 0 Å². The molecule has 6 heteroatoms. The minimum atomic E-state index is -0.559. The van der Waals surface area contributed by atoms with Gasteiger partial charge < -0.3 is 15.5 Å². The number of nitrogens with zero attached hydrogens (tertiary/aromatic N) is 1.